The lowest BCUT2D eigenvalue weighted by Crippen LogP contribution is -2.17. The highest BCUT2D eigenvalue weighted by atomic mass is 32.2. The molecule has 0 bridgehead atoms. The molecular formula is C12H13F2NS. The Morgan fingerprint density at radius 1 is 1.38 bits per heavy atom. The molecular weight excluding hydrogens is 228 g/mol. The zero-order chi connectivity index (χ0) is 11.8. The topological polar surface area (TPSA) is 12.0 Å². The predicted molar refractivity (Wildman–Crippen MR) is 64.2 cm³/mol. The molecule has 0 amide bonds. The Hall–Kier alpha value is -1.05. The maximum absolute atomic E-state index is 13.2. The molecule has 1 nitrogen and oxygen atoms in total. The normalized spacial score (nSPS) is 10.1. The van der Waals surface area contributed by atoms with Crippen molar-refractivity contribution in [3.63, 3.8) is 0 Å². The van der Waals surface area contributed by atoms with Crippen LogP contribution in [0.25, 0.3) is 0 Å². The standard InChI is InChI=1S/C12H13F2NS/c1-2-6-16-7-5-15-9-10-8-11(13)3-4-12(10)14/h1,3-4,8,15H,5-7,9H2. The number of thioether (sulfide) groups is 1. The first-order valence-corrected chi connectivity index (χ1v) is 6.05. The number of terminal acetylenes is 1. The second-order valence-electron chi connectivity index (χ2n) is 3.17. The molecule has 0 aliphatic carbocycles. The summed E-state index contributed by atoms with van der Waals surface area (Å²) >= 11 is 1.63. The number of halogens is 2. The zero-order valence-corrected chi connectivity index (χ0v) is 9.62. The molecule has 1 N–H and O–H groups in total. The van der Waals surface area contributed by atoms with E-state index in [0.717, 1.165) is 24.4 Å². The third-order valence-electron chi connectivity index (χ3n) is 1.93. The van der Waals surface area contributed by atoms with E-state index in [0.29, 0.717) is 17.9 Å². The number of hydrogen-bond acceptors (Lipinski definition) is 2. The van der Waals surface area contributed by atoms with E-state index in [2.05, 4.69) is 11.2 Å². The highest BCUT2D eigenvalue weighted by molar-refractivity contribution is 7.99. The summed E-state index contributed by atoms with van der Waals surface area (Å²) in [7, 11) is 0. The summed E-state index contributed by atoms with van der Waals surface area (Å²) in [6.45, 7) is 1.06. The molecule has 0 unspecified atom stereocenters. The van der Waals surface area contributed by atoms with E-state index in [9.17, 15) is 8.78 Å². The van der Waals surface area contributed by atoms with Crippen molar-refractivity contribution in [3.05, 3.63) is 35.4 Å². The molecule has 0 aromatic heterocycles. The second kappa shape index (κ2) is 7.26. The molecule has 16 heavy (non-hydrogen) atoms. The molecule has 1 aromatic carbocycles. The fourth-order valence-electron chi connectivity index (χ4n) is 1.18. The smallest absolute Gasteiger partial charge is 0.127 e. The van der Waals surface area contributed by atoms with Crippen molar-refractivity contribution in [2.24, 2.45) is 0 Å². The van der Waals surface area contributed by atoms with Crippen LogP contribution >= 0.6 is 11.8 Å². The SMILES string of the molecule is C#CCSCCNCc1cc(F)ccc1F. The van der Waals surface area contributed by atoms with Crippen molar-refractivity contribution in [3.8, 4) is 12.3 Å². The highest BCUT2D eigenvalue weighted by Gasteiger charge is 2.02. The van der Waals surface area contributed by atoms with Crippen LogP contribution in [0, 0.1) is 24.0 Å². The van der Waals surface area contributed by atoms with Gasteiger partial charge in [-0.2, -0.15) is 0 Å². The van der Waals surface area contributed by atoms with Gasteiger partial charge in [-0.05, 0) is 18.2 Å². The van der Waals surface area contributed by atoms with Crippen LogP contribution in [0.4, 0.5) is 8.78 Å². The lowest BCUT2D eigenvalue weighted by molar-refractivity contribution is 0.573. The first kappa shape index (κ1) is 13.0. The van der Waals surface area contributed by atoms with Gasteiger partial charge >= 0.3 is 0 Å². The summed E-state index contributed by atoms with van der Waals surface area (Å²) in [5.41, 5.74) is 0.349. The van der Waals surface area contributed by atoms with Crippen molar-refractivity contribution in [2.75, 3.05) is 18.1 Å². The summed E-state index contributed by atoms with van der Waals surface area (Å²) in [6.07, 6.45) is 5.09. The van der Waals surface area contributed by atoms with Gasteiger partial charge in [0.1, 0.15) is 11.6 Å². The van der Waals surface area contributed by atoms with Gasteiger partial charge in [0.05, 0.1) is 5.75 Å². The molecule has 0 fully saturated rings. The Morgan fingerprint density at radius 2 is 2.19 bits per heavy atom. The molecule has 1 rings (SSSR count). The van der Waals surface area contributed by atoms with Crippen molar-refractivity contribution in [1.82, 2.24) is 5.32 Å². The second-order valence-corrected chi connectivity index (χ2v) is 4.27. The van der Waals surface area contributed by atoms with Crippen LogP contribution in [-0.4, -0.2) is 18.1 Å². The van der Waals surface area contributed by atoms with E-state index in [1.807, 2.05) is 0 Å². The molecule has 0 radical (unpaired) electrons. The minimum absolute atomic E-state index is 0.334. The maximum atomic E-state index is 13.2. The van der Waals surface area contributed by atoms with Gasteiger partial charge in [0.2, 0.25) is 0 Å². The molecule has 0 saturated heterocycles. The fraction of sp³-hybridized carbons (Fsp3) is 0.333. The van der Waals surface area contributed by atoms with Crippen LogP contribution in [0.5, 0.6) is 0 Å². The Balaban J connectivity index is 2.27. The third-order valence-corrected chi connectivity index (χ3v) is 2.80. The molecule has 0 saturated carbocycles. The average molecular weight is 241 g/mol. The highest BCUT2D eigenvalue weighted by Crippen LogP contribution is 2.09. The Kier molecular flexibility index (Phi) is 5.91. The molecule has 0 aliphatic heterocycles. The summed E-state index contributed by atoms with van der Waals surface area (Å²) in [5.74, 6) is 3.26. The van der Waals surface area contributed by atoms with Crippen LogP contribution in [0.15, 0.2) is 18.2 Å². The van der Waals surface area contributed by atoms with Gasteiger partial charge in [0.15, 0.2) is 0 Å². The molecule has 0 heterocycles. The first-order chi connectivity index (χ1) is 7.74. The van der Waals surface area contributed by atoms with Crippen molar-refractivity contribution >= 4 is 11.8 Å². The van der Waals surface area contributed by atoms with Crippen LogP contribution in [-0.2, 0) is 6.54 Å². The molecule has 4 heteroatoms. The van der Waals surface area contributed by atoms with Gasteiger partial charge in [-0.15, -0.1) is 18.2 Å². The summed E-state index contributed by atoms with van der Waals surface area (Å²) in [6, 6.07) is 3.46. The third kappa shape index (κ3) is 4.65. The molecule has 0 atom stereocenters. The average Bonchev–Trinajstić information content (AvgIpc) is 2.28. The van der Waals surface area contributed by atoms with Gasteiger partial charge < -0.3 is 5.32 Å². The quantitative estimate of drug-likeness (QED) is 0.606. The first-order valence-electron chi connectivity index (χ1n) is 4.90. The number of nitrogens with one attached hydrogen (secondary N) is 1. The predicted octanol–water partition coefficient (Wildman–Crippen LogP) is 2.42. The minimum atomic E-state index is -0.417. The van der Waals surface area contributed by atoms with E-state index in [-0.39, 0.29) is 5.82 Å². The molecule has 86 valence electrons. The van der Waals surface area contributed by atoms with Crippen LogP contribution in [0.2, 0.25) is 0 Å². The zero-order valence-electron chi connectivity index (χ0n) is 8.80. The number of benzene rings is 1. The number of hydrogen-bond donors (Lipinski definition) is 1. The molecule has 1 aromatic rings. The van der Waals surface area contributed by atoms with Gasteiger partial charge in [-0.1, -0.05) is 5.92 Å². The van der Waals surface area contributed by atoms with Crippen LogP contribution < -0.4 is 5.32 Å². The van der Waals surface area contributed by atoms with Gasteiger partial charge in [-0.3, -0.25) is 0 Å². The maximum Gasteiger partial charge on any atom is 0.127 e. The van der Waals surface area contributed by atoms with E-state index in [4.69, 9.17) is 6.42 Å². The van der Waals surface area contributed by atoms with Crippen molar-refractivity contribution in [1.29, 1.82) is 0 Å². The largest absolute Gasteiger partial charge is 0.312 e. The Morgan fingerprint density at radius 3 is 2.94 bits per heavy atom. The summed E-state index contributed by atoms with van der Waals surface area (Å²) in [5, 5.41) is 3.03. The van der Waals surface area contributed by atoms with E-state index < -0.39 is 5.82 Å². The Labute approximate surface area is 98.6 Å². The molecule has 0 aliphatic rings. The fourth-order valence-corrected chi connectivity index (χ4v) is 1.73. The summed E-state index contributed by atoms with van der Waals surface area (Å²) < 4.78 is 26.0. The Bertz CT molecular complexity index is 374. The lowest BCUT2D eigenvalue weighted by Gasteiger charge is -2.05. The molecule has 0 spiro atoms. The van der Waals surface area contributed by atoms with Gasteiger partial charge in [0, 0.05) is 24.4 Å². The van der Waals surface area contributed by atoms with Crippen molar-refractivity contribution < 1.29 is 8.78 Å². The van der Waals surface area contributed by atoms with E-state index in [1.54, 1.807) is 11.8 Å². The minimum Gasteiger partial charge on any atom is -0.312 e. The lowest BCUT2D eigenvalue weighted by atomic mass is 10.2. The van der Waals surface area contributed by atoms with Crippen LogP contribution in [0.1, 0.15) is 5.56 Å². The van der Waals surface area contributed by atoms with E-state index >= 15 is 0 Å². The van der Waals surface area contributed by atoms with Gasteiger partial charge in [-0.25, -0.2) is 8.78 Å². The van der Waals surface area contributed by atoms with Gasteiger partial charge in [0.25, 0.3) is 0 Å². The van der Waals surface area contributed by atoms with E-state index in [1.165, 1.54) is 6.07 Å². The monoisotopic (exact) mass is 241 g/mol. The van der Waals surface area contributed by atoms with Crippen LogP contribution in [0.3, 0.4) is 0 Å². The van der Waals surface area contributed by atoms with Crippen molar-refractivity contribution in [2.45, 2.75) is 6.54 Å². The summed E-state index contributed by atoms with van der Waals surface area (Å²) in [4.78, 5) is 0. The number of rotatable bonds is 6.